The van der Waals surface area contributed by atoms with Crippen LogP contribution in [0.15, 0.2) is 0 Å². The van der Waals surface area contributed by atoms with Crippen LogP contribution in [0.2, 0.25) is 0 Å². The zero-order chi connectivity index (χ0) is 11.5. The van der Waals surface area contributed by atoms with Gasteiger partial charge in [0.2, 0.25) is 0 Å². The third-order valence-corrected chi connectivity index (χ3v) is 3.96. The van der Waals surface area contributed by atoms with Crippen LogP contribution >= 0.6 is 15.9 Å². The Bertz CT molecular complexity index is 124. The van der Waals surface area contributed by atoms with E-state index in [4.69, 9.17) is 4.74 Å². The van der Waals surface area contributed by atoms with Crippen molar-refractivity contribution < 1.29 is 4.74 Å². The summed E-state index contributed by atoms with van der Waals surface area (Å²) in [7, 11) is 0. The van der Waals surface area contributed by atoms with Crippen molar-refractivity contribution in [3.8, 4) is 0 Å². The van der Waals surface area contributed by atoms with Gasteiger partial charge in [-0.2, -0.15) is 0 Å². The minimum absolute atomic E-state index is 0.689. The predicted octanol–water partition coefficient (Wildman–Crippen LogP) is 4.64. The Morgan fingerprint density at radius 2 is 1.60 bits per heavy atom. The number of rotatable bonds is 10. The van der Waals surface area contributed by atoms with Crippen molar-refractivity contribution in [2.75, 3.05) is 18.5 Å². The third kappa shape index (κ3) is 8.27. The van der Waals surface area contributed by atoms with E-state index in [9.17, 15) is 0 Å². The number of hydrogen-bond acceptors (Lipinski definition) is 1. The number of alkyl halides is 1. The van der Waals surface area contributed by atoms with Gasteiger partial charge in [-0.25, -0.2) is 0 Å². The molecule has 15 heavy (non-hydrogen) atoms. The quantitative estimate of drug-likeness (QED) is 0.529. The van der Waals surface area contributed by atoms with Gasteiger partial charge in [-0.1, -0.05) is 62.4 Å². The summed E-state index contributed by atoms with van der Waals surface area (Å²) < 4.78 is 5.80. The van der Waals surface area contributed by atoms with Gasteiger partial charge in [-0.15, -0.1) is 0 Å². The molecule has 0 fully saturated rings. The van der Waals surface area contributed by atoms with Crippen molar-refractivity contribution in [1.29, 1.82) is 0 Å². The number of unbranched alkanes of at least 4 members (excludes halogenated alkanes) is 1. The van der Waals surface area contributed by atoms with E-state index < -0.39 is 0 Å². The van der Waals surface area contributed by atoms with Crippen LogP contribution in [0.4, 0.5) is 0 Å². The minimum Gasteiger partial charge on any atom is -0.381 e. The average Bonchev–Trinajstić information content (AvgIpc) is 2.28. The van der Waals surface area contributed by atoms with Crippen LogP contribution in [0.3, 0.4) is 0 Å². The molecule has 0 heterocycles. The molecular weight excluding hydrogens is 252 g/mol. The lowest BCUT2D eigenvalue weighted by atomic mass is 10.0. The lowest BCUT2D eigenvalue weighted by molar-refractivity contribution is 0.0715. The van der Waals surface area contributed by atoms with Gasteiger partial charge in [0, 0.05) is 11.9 Å². The first kappa shape index (κ1) is 15.4. The summed E-state index contributed by atoms with van der Waals surface area (Å²) in [5.41, 5.74) is 0. The molecule has 0 saturated carbocycles. The highest BCUT2D eigenvalue weighted by Crippen LogP contribution is 2.14. The molecule has 0 aliphatic heterocycles. The molecule has 0 bridgehead atoms. The zero-order valence-electron chi connectivity index (χ0n) is 10.6. The first-order chi connectivity index (χ1) is 7.28. The second-order valence-corrected chi connectivity index (χ2v) is 5.03. The molecule has 1 nitrogen and oxygen atoms in total. The molecule has 2 heteroatoms. The van der Waals surface area contributed by atoms with Crippen molar-refractivity contribution in [3.05, 3.63) is 0 Å². The van der Waals surface area contributed by atoms with E-state index in [2.05, 4.69) is 36.7 Å². The van der Waals surface area contributed by atoms with Gasteiger partial charge in [0.15, 0.2) is 0 Å². The number of ether oxygens (including phenoxy) is 1. The fraction of sp³-hybridized carbons (Fsp3) is 1.00. The normalized spacial score (nSPS) is 15.2. The van der Waals surface area contributed by atoms with Gasteiger partial charge in [0.1, 0.15) is 0 Å². The summed E-state index contributed by atoms with van der Waals surface area (Å²) in [6.07, 6.45) is 6.44. The van der Waals surface area contributed by atoms with Crippen LogP contribution < -0.4 is 0 Å². The van der Waals surface area contributed by atoms with Crippen molar-refractivity contribution in [2.24, 2.45) is 11.8 Å². The predicted molar refractivity (Wildman–Crippen MR) is 71.7 cm³/mol. The summed E-state index contributed by atoms with van der Waals surface area (Å²) in [6, 6.07) is 0. The van der Waals surface area contributed by atoms with Crippen LogP contribution in [0, 0.1) is 11.8 Å². The Labute approximate surface area is 104 Å². The SMILES string of the molecule is CCCCC(CC)COCC(CC)CBr. The highest BCUT2D eigenvalue weighted by molar-refractivity contribution is 9.09. The molecule has 0 aliphatic rings. The Balaban J connectivity index is 3.52. The molecule has 0 aliphatic carbocycles. The maximum absolute atomic E-state index is 5.80. The van der Waals surface area contributed by atoms with Crippen molar-refractivity contribution in [3.63, 3.8) is 0 Å². The lowest BCUT2D eigenvalue weighted by Crippen LogP contribution is -2.15. The topological polar surface area (TPSA) is 9.23 Å². The first-order valence-corrected chi connectivity index (χ1v) is 7.54. The number of hydrogen-bond donors (Lipinski definition) is 0. The molecule has 0 aromatic heterocycles. The summed E-state index contributed by atoms with van der Waals surface area (Å²) in [6.45, 7) is 8.63. The smallest absolute Gasteiger partial charge is 0.0502 e. The highest BCUT2D eigenvalue weighted by atomic mass is 79.9. The van der Waals surface area contributed by atoms with Gasteiger partial charge >= 0.3 is 0 Å². The van der Waals surface area contributed by atoms with E-state index in [0.29, 0.717) is 5.92 Å². The van der Waals surface area contributed by atoms with Crippen LogP contribution in [0.1, 0.15) is 52.9 Å². The van der Waals surface area contributed by atoms with E-state index in [1.807, 2.05) is 0 Å². The molecule has 0 N–H and O–H groups in total. The standard InChI is InChI=1S/C13H27BrO/c1-4-7-8-12(5-2)10-15-11-13(6-3)9-14/h12-13H,4-11H2,1-3H3. The first-order valence-electron chi connectivity index (χ1n) is 6.42. The second kappa shape index (κ2) is 10.9. The van der Waals surface area contributed by atoms with Gasteiger partial charge in [0.25, 0.3) is 0 Å². The molecule has 0 aromatic carbocycles. The maximum Gasteiger partial charge on any atom is 0.0502 e. The molecular formula is C13H27BrO. The minimum atomic E-state index is 0.689. The second-order valence-electron chi connectivity index (χ2n) is 4.38. The van der Waals surface area contributed by atoms with E-state index >= 15 is 0 Å². The Kier molecular flexibility index (Phi) is 11.3. The highest BCUT2D eigenvalue weighted by Gasteiger charge is 2.08. The summed E-state index contributed by atoms with van der Waals surface area (Å²) >= 11 is 3.52. The van der Waals surface area contributed by atoms with Crippen molar-refractivity contribution in [1.82, 2.24) is 0 Å². The van der Waals surface area contributed by atoms with Crippen LogP contribution in [0.25, 0.3) is 0 Å². The fourth-order valence-electron chi connectivity index (χ4n) is 1.57. The van der Waals surface area contributed by atoms with E-state index in [1.54, 1.807) is 0 Å². The van der Waals surface area contributed by atoms with E-state index in [1.165, 1.54) is 32.1 Å². The summed E-state index contributed by atoms with van der Waals surface area (Å²) in [4.78, 5) is 0. The third-order valence-electron chi connectivity index (χ3n) is 3.05. The molecule has 0 radical (unpaired) electrons. The molecule has 92 valence electrons. The van der Waals surface area contributed by atoms with Gasteiger partial charge in [-0.05, 0) is 18.3 Å². The van der Waals surface area contributed by atoms with Crippen LogP contribution in [0.5, 0.6) is 0 Å². The Morgan fingerprint density at radius 1 is 1.00 bits per heavy atom. The van der Waals surface area contributed by atoms with E-state index in [0.717, 1.165) is 24.5 Å². The average molecular weight is 279 g/mol. The molecule has 2 atom stereocenters. The maximum atomic E-state index is 5.80. The molecule has 2 unspecified atom stereocenters. The van der Waals surface area contributed by atoms with Gasteiger partial charge in [0.05, 0.1) is 6.61 Å². The van der Waals surface area contributed by atoms with E-state index in [-0.39, 0.29) is 0 Å². The number of halogens is 1. The molecule has 0 spiro atoms. The summed E-state index contributed by atoms with van der Waals surface area (Å²) in [5.74, 6) is 1.46. The van der Waals surface area contributed by atoms with Gasteiger partial charge < -0.3 is 4.74 Å². The molecule has 0 aromatic rings. The Hall–Kier alpha value is 0.440. The molecule has 0 saturated heterocycles. The fourth-order valence-corrected chi connectivity index (χ4v) is 2.22. The Morgan fingerprint density at radius 3 is 2.07 bits per heavy atom. The lowest BCUT2D eigenvalue weighted by Gasteiger charge is -2.17. The monoisotopic (exact) mass is 278 g/mol. The van der Waals surface area contributed by atoms with Crippen LogP contribution in [-0.4, -0.2) is 18.5 Å². The van der Waals surface area contributed by atoms with Crippen LogP contribution in [-0.2, 0) is 4.74 Å². The molecule has 0 amide bonds. The largest absolute Gasteiger partial charge is 0.381 e. The van der Waals surface area contributed by atoms with Gasteiger partial charge in [-0.3, -0.25) is 0 Å². The molecule has 0 rings (SSSR count). The zero-order valence-corrected chi connectivity index (χ0v) is 12.2. The van der Waals surface area contributed by atoms with Crippen molar-refractivity contribution in [2.45, 2.75) is 52.9 Å². The van der Waals surface area contributed by atoms with Crippen molar-refractivity contribution >= 4 is 15.9 Å². The summed E-state index contributed by atoms with van der Waals surface area (Å²) in [5, 5.41) is 1.06.